The number of ketones is 1. The quantitative estimate of drug-likeness (QED) is 0.330. The average molecular weight is 429 g/mol. The number of likely N-dealkylation sites (tertiary alicyclic amines) is 1. The first-order valence-electron chi connectivity index (χ1n) is 9.82. The number of thiophene rings is 1. The van der Waals surface area contributed by atoms with Gasteiger partial charge >= 0.3 is 0 Å². The van der Waals surface area contributed by atoms with Crippen molar-refractivity contribution in [1.82, 2.24) is 4.90 Å². The number of benzene rings is 1. The summed E-state index contributed by atoms with van der Waals surface area (Å²) in [6.07, 6.45) is 0.604. The molecule has 1 atom stereocenters. The first-order chi connectivity index (χ1) is 14.5. The Balaban J connectivity index is 1.78. The van der Waals surface area contributed by atoms with Crippen molar-refractivity contribution < 1.29 is 24.2 Å². The van der Waals surface area contributed by atoms with Crippen LogP contribution in [-0.4, -0.2) is 62.2 Å². The highest BCUT2D eigenvalue weighted by Crippen LogP contribution is 2.42. The summed E-state index contributed by atoms with van der Waals surface area (Å²) >= 11 is 1.46. The molecule has 0 saturated carbocycles. The molecular weight excluding hydrogens is 404 g/mol. The summed E-state index contributed by atoms with van der Waals surface area (Å²) < 4.78 is 10.8. The minimum Gasteiger partial charge on any atom is -0.507 e. The van der Waals surface area contributed by atoms with Crippen molar-refractivity contribution >= 4 is 34.5 Å². The monoisotopic (exact) mass is 428 g/mol. The zero-order chi connectivity index (χ0) is 21.3. The molecule has 1 unspecified atom stereocenters. The van der Waals surface area contributed by atoms with Crippen LogP contribution in [-0.2, 0) is 14.3 Å². The fourth-order valence-electron chi connectivity index (χ4n) is 3.89. The van der Waals surface area contributed by atoms with Crippen molar-refractivity contribution in [3.63, 3.8) is 0 Å². The number of rotatable bonds is 6. The summed E-state index contributed by atoms with van der Waals surface area (Å²) in [5, 5.41) is 13.1. The molecule has 7 nitrogen and oxygen atoms in total. The van der Waals surface area contributed by atoms with Crippen LogP contribution in [0.5, 0.6) is 5.75 Å². The highest BCUT2D eigenvalue weighted by atomic mass is 32.1. The first kappa shape index (κ1) is 20.4. The van der Waals surface area contributed by atoms with Crippen molar-refractivity contribution in [2.24, 2.45) is 0 Å². The van der Waals surface area contributed by atoms with E-state index in [-0.39, 0.29) is 11.3 Å². The molecule has 1 aromatic carbocycles. The number of aliphatic hydroxyl groups is 1. The zero-order valence-electron chi connectivity index (χ0n) is 17.0. The standard InChI is InChI=1S/C22H24N2O5S/c1-23-9-11-29-16-7-6-14(13-15(16)23)20(25)18-19(17-5-3-12-30-17)24(8-4-10-28-2)22(27)21(18)26/h3,5-7,12-13,19,25H,4,8-11H2,1-2H3/b20-18-. The first-order valence-corrected chi connectivity index (χ1v) is 10.7. The lowest BCUT2D eigenvalue weighted by Gasteiger charge is -2.28. The molecule has 0 radical (unpaired) electrons. The summed E-state index contributed by atoms with van der Waals surface area (Å²) in [6, 6.07) is 8.46. The van der Waals surface area contributed by atoms with Crippen LogP contribution in [0, 0.1) is 0 Å². The van der Waals surface area contributed by atoms with Crippen molar-refractivity contribution in [2.45, 2.75) is 12.5 Å². The second-order valence-electron chi connectivity index (χ2n) is 7.31. The number of hydrogen-bond donors (Lipinski definition) is 1. The highest BCUT2D eigenvalue weighted by Gasteiger charge is 2.46. The molecule has 4 rings (SSSR count). The molecule has 1 aromatic heterocycles. The fraction of sp³-hybridized carbons (Fsp3) is 0.364. The number of fused-ring (bicyclic) bond motifs is 1. The Morgan fingerprint density at radius 2 is 2.17 bits per heavy atom. The topological polar surface area (TPSA) is 79.3 Å². The van der Waals surface area contributed by atoms with Gasteiger partial charge in [-0.05, 0) is 36.1 Å². The van der Waals surface area contributed by atoms with Gasteiger partial charge in [0.25, 0.3) is 11.7 Å². The van der Waals surface area contributed by atoms with Gasteiger partial charge in [0.15, 0.2) is 0 Å². The Kier molecular flexibility index (Phi) is 5.78. The molecule has 1 amide bonds. The predicted molar refractivity (Wildman–Crippen MR) is 115 cm³/mol. The highest BCUT2D eigenvalue weighted by molar-refractivity contribution is 7.10. The minimum atomic E-state index is -0.661. The maximum absolute atomic E-state index is 13.0. The molecule has 0 spiro atoms. The van der Waals surface area contributed by atoms with Gasteiger partial charge < -0.3 is 24.4 Å². The van der Waals surface area contributed by atoms with Gasteiger partial charge in [-0.25, -0.2) is 0 Å². The van der Waals surface area contributed by atoms with Crippen molar-refractivity contribution in [1.29, 1.82) is 0 Å². The molecule has 30 heavy (non-hydrogen) atoms. The van der Waals surface area contributed by atoms with E-state index in [4.69, 9.17) is 9.47 Å². The van der Waals surface area contributed by atoms with E-state index in [1.165, 1.54) is 16.2 Å². The van der Waals surface area contributed by atoms with E-state index in [9.17, 15) is 14.7 Å². The zero-order valence-corrected chi connectivity index (χ0v) is 17.8. The van der Waals surface area contributed by atoms with Crippen LogP contribution in [0.2, 0.25) is 0 Å². The van der Waals surface area contributed by atoms with Gasteiger partial charge in [0, 0.05) is 37.7 Å². The maximum Gasteiger partial charge on any atom is 0.295 e. The molecule has 1 N–H and O–H groups in total. The van der Waals surface area contributed by atoms with E-state index in [2.05, 4.69) is 0 Å². The van der Waals surface area contributed by atoms with E-state index < -0.39 is 17.7 Å². The Morgan fingerprint density at radius 1 is 1.33 bits per heavy atom. The maximum atomic E-state index is 13.0. The number of Topliss-reactive ketones (excluding diaryl/α,β-unsaturated/α-hetero) is 1. The van der Waals surface area contributed by atoms with Crippen LogP contribution in [0.25, 0.3) is 5.76 Å². The lowest BCUT2D eigenvalue weighted by atomic mass is 9.99. The van der Waals surface area contributed by atoms with Gasteiger partial charge in [-0.15, -0.1) is 11.3 Å². The minimum absolute atomic E-state index is 0.124. The van der Waals surface area contributed by atoms with Crippen LogP contribution < -0.4 is 9.64 Å². The second kappa shape index (κ2) is 8.49. The number of aliphatic hydroxyl groups excluding tert-OH is 1. The van der Waals surface area contributed by atoms with E-state index in [1.807, 2.05) is 29.5 Å². The summed E-state index contributed by atoms with van der Waals surface area (Å²) in [6.45, 7) is 2.19. The Morgan fingerprint density at radius 3 is 2.90 bits per heavy atom. The summed E-state index contributed by atoms with van der Waals surface area (Å²) in [7, 11) is 3.55. The number of hydrogen-bond acceptors (Lipinski definition) is 7. The number of amides is 1. The van der Waals surface area contributed by atoms with Gasteiger partial charge in [0.2, 0.25) is 0 Å². The van der Waals surface area contributed by atoms with E-state index in [0.29, 0.717) is 31.7 Å². The number of carbonyl (C=O) groups excluding carboxylic acids is 2. The third-order valence-electron chi connectivity index (χ3n) is 5.43. The van der Waals surface area contributed by atoms with E-state index in [1.54, 1.807) is 25.3 Å². The van der Waals surface area contributed by atoms with Crippen LogP contribution in [0.4, 0.5) is 5.69 Å². The van der Waals surface area contributed by atoms with Gasteiger partial charge in [0.1, 0.15) is 18.1 Å². The number of carbonyl (C=O) groups is 2. The largest absolute Gasteiger partial charge is 0.507 e. The van der Waals surface area contributed by atoms with Crippen molar-refractivity contribution in [3.05, 3.63) is 51.7 Å². The van der Waals surface area contributed by atoms with Gasteiger partial charge in [-0.2, -0.15) is 0 Å². The number of ether oxygens (including phenoxy) is 2. The lowest BCUT2D eigenvalue weighted by Crippen LogP contribution is -2.31. The van der Waals surface area contributed by atoms with Gasteiger partial charge in [-0.1, -0.05) is 6.07 Å². The van der Waals surface area contributed by atoms with Crippen LogP contribution in [0.15, 0.2) is 41.3 Å². The number of likely N-dealkylation sites (N-methyl/N-ethyl adjacent to an activating group) is 1. The molecule has 3 heterocycles. The molecule has 2 aliphatic heterocycles. The smallest absolute Gasteiger partial charge is 0.295 e. The normalized spacial score (nSPS) is 20.4. The van der Waals surface area contributed by atoms with Gasteiger partial charge in [-0.3, -0.25) is 9.59 Å². The summed E-state index contributed by atoms with van der Waals surface area (Å²) in [5.41, 5.74) is 1.45. The fourth-order valence-corrected chi connectivity index (χ4v) is 4.73. The second-order valence-corrected chi connectivity index (χ2v) is 8.29. The number of anilines is 1. The molecule has 158 valence electrons. The molecule has 0 bridgehead atoms. The molecule has 2 aromatic rings. The third kappa shape index (κ3) is 3.57. The van der Waals surface area contributed by atoms with Crippen LogP contribution >= 0.6 is 11.3 Å². The average Bonchev–Trinajstić information content (AvgIpc) is 3.36. The van der Waals surface area contributed by atoms with Crippen LogP contribution in [0.3, 0.4) is 0 Å². The molecular formula is C22H24N2O5S. The predicted octanol–water partition coefficient (Wildman–Crippen LogP) is 3.03. The van der Waals surface area contributed by atoms with E-state index >= 15 is 0 Å². The Labute approximate surface area is 179 Å². The lowest BCUT2D eigenvalue weighted by molar-refractivity contribution is -0.140. The molecule has 2 aliphatic rings. The number of nitrogens with zero attached hydrogens (tertiary/aromatic N) is 2. The van der Waals surface area contributed by atoms with Crippen molar-refractivity contribution in [2.75, 3.05) is 45.4 Å². The molecule has 8 heteroatoms. The van der Waals surface area contributed by atoms with E-state index in [0.717, 1.165) is 22.9 Å². The Hall–Kier alpha value is -2.84. The number of methoxy groups -OCH3 is 1. The SMILES string of the molecule is COCCCN1C(=O)C(=O)/C(=C(\O)c2ccc3c(c2)N(C)CCO3)C1c1cccs1. The van der Waals surface area contributed by atoms with Crippen LogP contribution in [0.1, 0.15) is 22.9 Å². The Bertz CT molecular complexity index is 985. The van der Waals surface area contributed by atoms with Gasteiger partial charge in [0.05, 0.1) is 23.8 Å². The summed E-state index contributed by atoms with van der Waals surface area (Å²) in [4.78, 5) is 30.2. The molecule has 0 aliphatic carbocycles. The third-order valence-corrected chi connectivity index (χ3v) is 6.35. The summed E-state index contributed by atoms with van der Waals surface area (Å²) in [5.74, 6) is -0.687. The molecule has 1 fully saturated rings. The molecule has 1 saturated heterocycles. The van der Waals surface area contributed by atoms with Crippen molar-refractivity contribution in [3.8, 4) is 5.75 Å².